The Hall–Kier alpha value is -2.16. The number of nitrogens with zero attached hydrogens (tertiary/aromatic N) is 2. The van der Waals surface area contributed by atoms with Crippen LogP contribution in [0.25, 0.3) is 0 Å². The molecule has 3 fully saturated rings. The highest BCUT2D eigenvalue weighted by molar-refractivity contribution is 7.13. The first-order chi connectivity index (χ1) is 14.1. The van der Waals surface area contributed by atoms with E-state index in [2.05, 4.69) is 9.88 Å². The van der Waals surface area contributed by atoms with E-state index in [1.54, 1.807) is 0 Å². The van der Waals surface area contributed by atoms with E-state index >= 15 is 0 Å². The molecule has 3 aliphatic rings. The Morgan fingerprint density at radius 3 is 2.45 bits per heavy atom. The van der Waals surface area contributed by atoms with E-state index in [1.165, 1.54) is 11.3 Å². The van der Waals surface area contributed by atoms with Crippen LogP contribution < -0.4 is 5.32 Å². The number of aryl methyl sites for hydroxylation is 1. The van der Waals surface area contributed by atoms with Crippen LogP contribution in [0.3, 0.4) is 0 Å². The Balaban J connectivity index is 1.17. The van der Waals surface area contributed by atoms with Crippen molar-refractivity contribution in [3.8, 4) is 0 Å². The molecule has 2 amide bonds. The average molecular weight is 416 g/mol. The quantitative estimate of drug-likeness (QED) is 0.831. The molecule has 1 N–H and O–H groups in total. The average Bonchev–Trinajstić information content (AvgIpc) is 3.13. The van der Waals surface area contributed by atoms with Gasteiger partial charge >= 0.3 is 0 Å². The Labute approximate surface area is 173 Å². The highest BCUT2D eigenvalue weighted by atomic mass is 32.1. The van der Waals surface area contributed by atoms with Crippen LogP contribution in [-0.2, 0) is 9.47 Å². The van der Waals surface area contributed by atoms with E-state index in [9.17, 15) is 9.59 Å². The Morgan fingerprint density at radius 1 is 1.10 bits per heavy atom. The number of carbonyl (C=O) groups excluding carboxylic acids is 2. The molecule has 0 aromatic carbocycles. The third-order valence-corrected chi connectivity index (χ3v) is 6.75. The first-order valence-electron chi connectivity index (χ1n) is 10.1. The number of rotatable bonds is 4. The second-order valence-electron chi connectivity index (χ2n) is 8.07. The first kappa shape index (κ1) is 18.8. The maximum absolute atomic E-state index is 12.7. The van der Waals surface area contributed by atoms with Crippen molar-refractivity contribution in [2.75, 3.05) is 26.3 Å². The molecule has 2 aromatic rings. The van der Waals surface area contributed by atoms with Crippen LogP contribution in [0.4, 0.5) is 0 Å². The lowest BCUT2D eigenvalue weighted by Gasteiger charge is -2.19. The first-order valence-corrected chi connectivity index (χ1v) is 11.0. The fraction of sp³-hybridized carbons (Fsp3) is 0.524. The highest BCUT2D eigenvalue weighted by Crippen LogP contribution is 2.36. The van der Waals surface area contributed by atoms with E-state index in [0.717, 1.165) is 22.6 Å². The minimum atomic E-state index is -0.195. The van der Waals surface area contributed by atoms with Crippen LogP contribution in [0.15, 0.2) is 30.5 Å². The molecule has 0 unspecified atom stereocenters. The van der Waals surface area contributed by atoms with Crippen molar-refractivity contribution < 1.29 is 19.1 Å². The van der Waals surface area contributed by atoms with Gasteiger partial charge in [0.15, 0.2) is 0 Å². The Morgan fingerprint density at radius 2 is 1.83 bits per heavy atom. The van der Waals surface area contributed by atoms with Crippen molar-refractivity contribution in [2.45, 2.75) is 44.1 Å². The Bertz CT molecular complexity index is 903. The molecule has 2 aromatic heterocycles. The van der Waals surface area contributed by atoms with Gasteiger partial charge in [-0.25, -0.2) is 0 Å². The predicted octanol–water partition coefficient (Wildman–Crippen LogP) is 2.23. The second kappa shape index (κ2) is 7.59. The third kappa shape index (κ3) is 3.84. The van der Waals surface area contributed by atoms with Crippen molar-refractivity contribution in [3.05, 3.63) is 45.9 Å². The minimum Gasteiger partial charge on any atom is -0.371 e. The number of nitrogens with one attached hydrogen (secondary N) is 1. The SMILES string of the molecule is Cc1ccc(C(=O)N2C[C@@H]3OCC(NC(=O)c4cccn4C4CC4)CO[C@H]3C2)s1. The molecular weight excluding hydrogens is 390 g/mol. The molecule has 1 aliphatic carbocycles. The van der Waals surface area contributed by atoms with Crippen molar-refractivity contribution in [1.82, 2.24) is 14.8 Å². The monoisotopic (exact) mass is 415 g/mol. The predicted molar refractivity (Wildman–Crippen MR) is 108 cm³/mol. The smallest absolute Gasteiger partial charge is 0.268 e. The summed E-state index contributed by atoms with van der Waals surface area (Å²) in [5, 5.41) is 3.05. The van der Waals surface area contributed by atoms with Crippen molar-refractivity contribution in [2.24, 2.45) is 0 Å². The van der Waals surface area contributed by atoms with Gasteiger partial charge < -0.3 is 24.3 Å². The maximum Gasteiger partial charge on any atom is 0.268 e. The van der Waals surface area contributed by atoms with Crippen LogP contribution in [0.1, 0.15) is 43.9 Å². The topological polar surface area (TPSA) is 72.8 Å². The molecule has 154 valence electrons. The van der Waals surface area contributed by atoms with Gasteiger partial charge in [0.2, 0.25) is 0 Å². The molecule has 0 radical (unpaired) electrons. The van der Waals surface area contributed by atoms with Gasteiger partial charge in [0.25, 0.3) is 11.8 Å². The number of hydrogen-bond acceptors (Lipinski definition) is 5. The number of ether oxygens (including phenoxy) is 2. The van der Waals surface area contributed by atoms with Crippen LogP contribution in [0.2, 0.25) is 0 Å². The van der Waals surface area contributed by atoms with Crippen LogP contribution in [-0.4, -0.2) is 65.8 Å². The zero-order valence-corrected chi connectivity index (χ0v) is 17.2. The molecule has 5 rings (SSSR count). The van der Waals surface area contributed by atoms with Crippen molar-refractivity contribution >= 4 is 23.2 Å². The summed E-state index contributed by atoms with van der Waals surface area (Å²) in [6.45, 7) is 3.81. The normalized spacial score (nSPS) is 24.9. The van der Waals surface area contributed by atoms with E-state index < -0.39 is 0 Å². The standard InChI is InChI=1S/C21H25N3O4S/c1-13-4-7-19(29-13)21(26)23-9-17-18(10-23)28-12-14(11-27-17)22-20(25)16-3-2-8-24(16)15-5-6-15/h2-4,7-8,14-15,17-18H,5-6,9-12H2,1H3,(H,22,25)/t17-,18-/m0/s1. The highest BCUT2D eigenvalue weighted by Gasteiger charge is 2.40. The molecule has 4 heterocycles. The number of carbonyl (C=O) groups is 2. The van der Waals surface area contributed by atoms with Crippen LogP contribution in [0, 0.1) is 6.92 Å². The Kier molecular flexibility index (Phi) is 4.93. The zero-order valence-electron chi connectivity index (χ0n) is 16.4. The van der Waals surface area contributed by atoms with E-state index in [0.29, 0.717) is 38.0 Å². The van der Waals surface area contributed by atoms with Gasteiger partial charge in [-0.3, -0.25) is 9.59 Å². The van der Waals surface area contributed by atoms with E-state index in [-0.39, 0.29) is 30.1 Å². The lowest BCUT2D eigenvalue weighted by molar-refractivity contribution is -0.00461. The molecule has 1 saturated carbocycles. The van der Waals surface area contributed by atoms with Crippen molar-refractivity contribution in [1.29, 1.82) is 0 Å². The molecule has 29 heavy (non-hydrogen) atoms. The fourth-order valence-electron chi connectivity index (χ4n) is 4.06. The van der Waals surface area contributed by atoms with Crippen LogP contribution >= 0.6 is 11.3 Å². The summed E-state index contributed by atoms with van der Waals surface area (Å²) in [6, 6.07) is 7.88. The molecule has 2 aliphatic heterocycles. The lowest BCUT2D eigenvalue weighted by atomic mass is 10.3. The van der Waals surface area contributed by atoms with E-state index in [1.807, 2.05) is 42.3 Å². The molecule has 0 spiro atoms. The maximum atomic E-state index is 12.7. The van der Waals surface area contributed by atoms with Gasteiger partial charge in [0.05, 0.1) is 24.1 Å². The molecule has 2 atom stereocenters. The number of amides is 2. The van der Waals surface area contributed by atoms with E-state index in [4.69, 9.17) is 9.47 Å². The summed E-state index contributed by atoms with van der Waals surface area (Å²) in [6.07, 6.45) is 3.93. The minimum absolute atomic E-state index is 0.0362. The molecular formula is C21H25N3O4S. The number of fused-ring (bicyclic) bond motifs is 1. The lowest BCUT2D eigenvalue weighted by Crippen LogP contribution is -2.42. The van der Waals surface area contributed by atoms with Crippen molar-refractivity contribution in [3.63, 3.8) is 0 Å². The molecule has 2 saturated heterocycles. The molecule has 8 heteroatoms. The number of likely N-dealkylation sites (tertiary alicyclic amines) is 1. The van der Waals surface area contributed by atoms with Gasteiger partial charge in [0, 0.05) is 30.2 Å². The van der Waals surface area contributed by atoms with Gasteiger partial charge in [-0.05, 0) is 44.0 Å². The summed E-state index contributed by atoms with van der Waals surface area (Å²) in [5.41, 5.74) is 0.694. The third-order valence-electron chi connectivity index (χ3n) is 5.76. The number of hydrogen-bond donors (Lipinski definition) is 1. The number of aromatic nitrogens is 1. The largest absolute Gasteiger partial charge is 0.371 e. The summed E-state index contributed by atoms with van der Waals surface area (Å²) in [5.74, 6) is -0.0508. The molecule has 0 bridgehead atoms. The summed E-state index contributed by atoms with van der Waals surface area (Å²) < 4.78 is 14.1. The van der Waals surface area contributed by atoms with Gasteiger partial charge in [-0.1, -0.05) is 0 Å². The summed E-state index contributed by atoms with van der Waals surface area (Å²) >= 11 is 1.51. The van der Waals surface area contributed by atoms with Gasteiger partial charge in [0.1, 0.15) is 17.9 Å². The number of thiophene rings is 1. The zero-order chi connectivity index (χ0) is 20.0. The summed E-state index contributed by atoms with van der Waals surface area (Å²) in [7, 11) is 0. The van der Waals surface area contributed by atoms with Gasteiger partial charge in [-0.2, -0.15) is 0 Å². The van der Waals surface area contributed by atoms with Gasteiger partial charge in [-0.15, -0.1) is 11.3 Å². The second-order valence-corrected chi connectivity index (χ2v) is 9.35. The molecule has 7 nitrogen and oxygen atoms in total. The fourth-order valence-corrected chi connectivity index (χ4v) is 4.90. The van der Waals surface area contributed by atoms with Crippen LogP contribution in [0.5, 0.6) is 0 Å². The summed E-state index contributed by atoms with van der Waals surface area (Å²) in [4.78, 5) is 29.1.